The Morgan fingerprint density at radius 3 is 2.59 bits per heavy atom. The summed E-state index contributed by atoms with van der Waals surface area (Å²) in [5.74, 6) is -0.634. The Balaban J connectivity index is 1.88. The zero-order valence-electron chi connectivity index (χ0n) is 12.0. The number of benzene rings is 1. The van der Waals surface area contributed by atoms with Crippen molar-refractivity contribution in [1.29, 1.82) is 0 Å². The molecule has 22 heavy (non-hydrogen) atoms. The van der Waals surface area contributed by atoms with E-state index >= 15 is 0 Å². The van der Waals surface area contributed by atoms with Crippen molar-refractivity contribution in [2.24, 2.45) is 0 Å². The summed E-state index contributed by atoms with van der Waals surface area (Å²) in [6.07, 6.45) is 4.53. The third-order valence-electron chi connectivity index (χ3n) is 2.93. The predicted molar refractivity (Wildman–Crippen MR) is 81.8 cm³/mol. The van der Waals surface area contributed by atoms with Crippen LogP contribution in [0.25, 0.3) is 0 Å². The summed E-state index contributed by atoms with van der Waals surface area (Å²) in [6.45, 7) is 3.95. The van der Waals surface area contributed by atoms with Crippen LogP contribution in [0.4, 0.5) is 0 Å². The lowest BCUT2D eigenvalue weighted by molar-refractivity contribution is -0.116. The van der Waals surface area contributed by atoms with Crippen molar-refractivity contribution in [3.8, 4) is 0 Å². The Morgan fingerprint density at radius 2 is 1.95 bits per heavy atom. The lowest BCUT2D eigenvalue weighted by atomic mass is 10.1. The van der Waals surface area contributed by atoms with Gasteiger partial charge in [-0.05, 0) is 29.8 Å². The van der Waals surface area contributed by atoms with Crippen molar-refractivity contribution in [1.82, 2.24) is 10.3 Å². The molecule has 0 aliphatic heterocycles. The molecule has 112 valence electrons. The van der Waals surface area contributed by atoms with Crippen LogP contribution in [0.2, 0.25) is 0 Å². The first-order chi connectivity index (χ1) is 10.7. The normalized spacial score (nSPS) is 9.82. The maximum Gasteiger partial charge on any atom is 0.338 e. The molecule has 5 heteroatoms. The topological polar surface area (TPSA) is 68.3 Å². The Kier molecular flexibility index (Phi) is 5.43. The van der Waals surface area contributed by atoms with E-state index in [0.717, 1.165) is 11.1 Å². The van der Waals surface area contributed by atoms with E-state index in [-0.39, 0.29) is 12.5 Å². The molecule has 1 aromatic carbocycles. The molecule has 0 fully saturated rings. The van der Waals surface area contributed by atoms with Gasteiger partial charge in [0.15, 0.2) is 0 Å². The average Bonchev–Trinajstić information content (AvgIpc) is 2.59. The molecule has 1 N–H and O–H groups in total. The van der Waals surface area contributed by atoms with Gasteiger partial charge in [0.05, 0.1) is 5.56 Å². The van der Waals surface area contributed by atoms with Crippen molar-refractivity contribution < 1.29 is 14.3 Å². The summed E-state index contributed by atoms with van der Waals surface area (Å²) in [5.41, 5.74) is 2.18. The van der Waals surface area contributed by atoms with E-state index in [0.29, 0.717) is 12.1 Å². The number of aromatic nitrogens is 1. The van der Waals surface area contributed by atoms with Crippen LogP contribution < -0.4 is 5.32 Å². The highest BCUT2D eigenvalue weighted by Crippen LogP contribution is 2.08. The second-order valence-corrected chi connectivity index (χ2v) is 4.56. The van der Waals surface area contributed by atoms with Crippen LogP contribution in [-0.2, 0) is 22.7 Å². The lowest BCUT2D eigenvalue weighted by Crippen LogP contribution is -2.19. The van der Waals surface area contributed by atoms with E-state index in [9.17, 15) is 9.59 Å². The summed E-state index contributed by atoms with van der Waals surface area (Å²) < 4.78 is 5.21. The fourth-order valence-corrected chi connectivity index (χ4v) is 1.74. The van der Waals surface area contributed by atoms with Crippen LogP contribution in [-0.4, -0.2) is 16.9 Å². The number of rotatable bonds is 6. The molecular weight excluding hydrogens is 280 g/mol. The molecule has 0 unspecified atom stereocenters. The summed E-state index contributed by atoms with van der Waals surface area (Å²) in [4.78, 5) is 26.9. The molecule has 0 atom stereocenters. The zero-order valence-corrected chi connectivity index (χ0v) is 12.0. The highest BCUT2D eigenvalue weighted by molar-refractivity contribution is 5.89. The number of esters is 1. The molecule has 1 aromatic heterocycles. The van der Waals surface area contributed by atoms with Gasteiger partial charge in [-0.3, -0.25) is 9.78 Å². The molecule has 1 heterocycles. The molecule has 0 aliphatic carbocycles. The number of pyridine rings is 1. The SMILES string of the molecule is C=CC(=O)NCc1ccc(C(=O)OCc2cccnc2)cc1. The van der Waals surface area contributed by atoms with E-state index in [1.165, 1.54) is 6.08 Å². The number of ether oxygens (including phenoxy) is 1. The molecule has 0 saturated carbocycles. The maximum atomic E-state index is 11.9. The first kappa shape index (κ1) is 15.4. The second-order valence-electron chi connectivity index (χ2n) is 4.56. The van der Waals surface area contributed by atoms with Crippen molar-refractivity contribution >= 4 is 11.9 Å². The van der Waals surface area contributed by atoms with Gasteiger partial charge in [0.1, 0.15) is 6.61 Å². The van der Waals surface area contributed by atoms with E-state index in [4.69, 9.17) is 4.74 Å². The quantitative estimate of drug-likeness (QED) is 0.655. The third-order valence-corrected chi connectivity index (χ3v) is 2.93. The minimum atomic E-state index is -0.398. The van der Waals surface area contributed by atoms with Crippen molar-refractivity contribution in [3.05, 3.63) is 78.1 Å². The lowest BCUT2D eigenvalue weighted by Gasteiger charge is -2.06. The first-order valence-corrected chi connectivity index (χ1v) is 6.74. The predicted octanol–water partition coefficient (Wildman–Crippen LogP) is 2.24. The summed E-state index contributed by atoms with van der Waals surface area (Å²) >= 11 is 0. The Hall–Kier alpha value is -2.95. The highest BCUT2D eigenvalue weighted by atomic mass is 16.5. The van der Waals surface area contributed by atoms with Crippen LogP contribution in [0.15, 0.2) is 61.4 Å². The van der Waals surface area contributed by atoms with E-state index in [1.807, 2.05) is 6.07 Å². The molecule has 0 aliphatic rings. The van der Waals surface area contributed by atoms with Gasteiger partial charge in [-0.2, -0.15) is 0 Å². The monoisotopic (exact) mass is 296 g/mol. The summed E-state index contributed by atoms with van der Waals surface area (Å²) in [5, 5.41) is 2.66. The second kappa shape index (κ2) is 7.73. The van der Waals surface area contributed by atoms with Gasteiger partial charge in [0.25, 0.3) is 0 Å². The third kappa shape index (κ3) is 4.56. The number of nitrogens with one attached hydrogen (secondary N) is 1. The summed E-state index contributed by atoms with van der Waals surface area (Å²) in [6, 6.07) is 10.5. The number of nitrogens with zero attached hydrogens (tertiary/aromatic N) is 1. The molecular formula is C17H16N2O3. The van der Waals surface area contributed by atoms with Crippen molar-refractivity contribution in [2.45, 2.75) is 13.2 Å². The smallest absolute Gasteiger partial charge is 0.338 e. The van der Waals surface area contributed by atoms with E-state index < -0.39 is 5.97 Å². The number of carbonyl (C=O) groups is 2. The molecule has 0 saturated heterocycles. The fraction of sp³-hybridized carbons (Fsp3) is 0.118. The molecule has 0 bridgehead atoms. The fourth-order valence-electron chi connectivity index (χ4n) is 1.74. The molecule has 0 spiro atoms. The molecule has 1 amide bonds. The van der Waals surface area contributed by atoms with Crippen molar-refractivity contribution in [2.75, 3.05) is 0 Å². The Labute approximate surface area is 128 Å². The average molecular weight is 296 g/mol. The standard InChI is InChI=1S/C17H16N2O3/c1-2-16(20)19-11-13-5-7-15(8-6-13)17(21)22-12-14-4-3-9-18-10-14/h2-10H,1,11-12H2,(H,19,20). The van der Waals surface area contributed by atoms with Gasteiger partial charge in [-0.25, -0.2) is 4.79 Å². The first-order valence-electron chi connectivity index (χ1n) is 6.74. The maximum absolute atomic E-state index is 11.9. The number of amides is 1. The van der Waals surface area contributed by atoms with Crippen LogP contribution >= 0.6 is 0 Å². The van der Waals surface area contributed by atoms with Crippen LogP contribution in [0.5, 0.6) is 0 Å². The molecule has 2 aromatic rings. The largest absolute Gasteiger partial charge is 0.457 e. The van der Waals surface area contributed by atoms with Crippen LogP contribution in [0.3, 0.4) is 0 Å². The van der Waals surface area contributed by atoms with E-state index in [2.05, 4.69) is 16.9 Å². The van der Waals surface area contributed by atoms with Crippen LogP contribution in [0, 0.1) is 0 Å². The minimum absolute atomic E-state index is 0.184. The zero-order chi connectivity index (χ0) is 15.8. The number of hydrogen-bond acceptors (Lipinski definition) is 4. The molecule has 0 radical (unpaired) electrons. The number of hydrogen-bond donors (Lipinski definition) is 1. The highest BCUT2D eigenvalue weighted by Gasteiger charge is 2.07. The minimum Gasteiger partial charge on any atom is -0.457 e. The van der Waals surface area contributed by atoms with Gasteiger partial charge in [-0.15, -0.1) is 0 Å². The molecule has 2 rings (SSSR count). The van der Waals surface area contributed by atoms with Crippen LogP contribution in [0.1, 0.15) is 21.5 Å². The van der Waals surface area contributed by atoms with Crippen molar-refractivity contribution in [3.63, 3.8) is 0 Å². The summed E-state index contributed by atoms with van der Waals surface area (Å²) in [7, 11) is 0. The Bertz CT molecular complexity index is 651. The molecule has 5 nitrogen and oxygen atoms in total. The van der Waals surface area contributed by atoms with Gasteiger partial charge < -0.3 is 10.1 Å². The van der Waals surface area contributed by atoms with Gasteiger partial charge in [0, 0.05) is 24.5 Å². The van der Waals surface area contributed by atoms with E-state index in [1.54, 1.807) is 42.7 Å². The Morgan fingerprint density at radius 1 is 1.18 bits per heavy atom. The number of carbonyl (C=O) groups excluding carboxylic acids is 2. The van der Waals surface area contributed by atoms with Gasteiger partial charge in [-0.1, -0.05) is 24.8 Å². The van der Waals surface area contributed by atoms with Gasteiger partial charge >= 0.3 is 5.97 Å². The van der Waals surface area contributed by atoms with Gasteiger partial charge in [0.2, 0.25) is 5.91 Å².